The molecule has 1 saturated heterocycles. The third-order valence-electron chi connectivity index (χ3n) is 7.46. The summed E-state index contributed by atoms with van der Waals surface area (Å²) in [4.78, 5) is 21.8. The van der Waals surface area contributed by atoms with Gasteiger partial charge in [-0.15, -0.1) is 0 Å². The molecule has 0 unspecified atom stereocenters. The second-order valence-electron chi connectivity index (χ2n) is 11.1. The topological polar surface area (TPSA) is 128 Å². The third kappa shape index (κ3) is 5.90. The lowest BCUT2D eigenvalue weighted by molar-refractivity contribution is 0.425. The molecule has 6 rings (SSSR count). The average Bonchev–Trinajstić information content (AvgIpc) is 3.56. The maximum atomic E-state index is 14.8. The first-order chi connectivity index (χ1) is 20.8. The summed E-state index contributed by atoms with van der Waals surface area (Å²) >= 11 is 0. The van der Waals surface area contributed by atoms with Crippen LogP contribution in [-0.2, 0) is 0 Å². The molecule has 5 aromatic rings. The van der Waals surface area contributed by atoms with Crippen LogP contribution in [0.2, 0.25) is 0 Å². The number of allylic oxidation sites excluding steroid dienone is 2. The number of imidazole rings is 1. The summed E-state index contributed by atoms with van der Waals surface area (Å²) in [6.07, 6.45) is 7.06. The standard InChI is InChI=1S/C32H35FN10/c1-5-6-25(21-11-22(33)14-24(12-21)36-9-10-42(3)4)30-19(2)37-32(39-30)31-26-13-20(7-8-27(26)40-41-31)28-15-35-16-29(38-28)43-17-23(34)18-43/h5-8,11-16,23,36H,1,9-10,17-18,34H2,2-4H3,(H,37,39)(H,40,41)/b25-6-. The number of aromatic nitrogens is 6. The van der Waals surface area contributed by atoms with Gasteiger partial charge < -0.3 is 25.8 Å². The van der Waals surface area contributed by atoms with Crippen molar-refractivity contribution < 1.29 is 4.39 Å². The number of hydrogen-bond acceptors (Lipinski definition) is 8. The first kappa shape index (κ1) is 28.3. The van der Waals surface area contributed by atoms with Crippen molar-refractivity contribution in [1.82, 2.24) is 35.0 Å². The Kier molecular flexibility index (Phi) is 7.75. The van der Waals surface area contributed by atoms with E-state index in [0.717, 1.165) is 58.9 Å². The van der Waals surface area contributed by atoms with Crippen molar-refractivity contribution in [2.24, 2.45) is 5.73 Å². The Morgan fingerprint density at radius 2 is 2.02 bits per heavy atom. The highest BCUT2D eigenvalue weighted by molar-refractivity contribution is 5.94. The minimum atomic E-state index is -0.330. The van der Waals surface area contributed by atoms with Crippen LogP contribution in [0.4, 0.5) is 15.9 Å². The van der Waals surface area contributed by atoms with Gasteiger partial charge in [0.2, 0.25) is 0 Å². The zero-order chi connectivity index (χ0) is 30.1. The fraction of sp³-hybridized carbons (Fsp3) is 0.250. The van der Waals surface area contributed by atoms with Gasteiger partial charge in [-0.1, -0.05) is 24.8 Å². The van der Waals surface area contributed by atoms with Crippen molar-refractivity contribution >= 4 is 28.0 Å². The molecule has 220 valence electrons. The van der Waals surface area contributed by atoms with Gasteiger partial charge in [0.05, 0.1) is 29.3 Å². The lowest BCUT2D eigenvalue weighted by atomic mass is 10.00. The number of halogens is 1. The molecule has 4 heterocycles. The molecule has 2 aromatic carbocycles. The van der Waals surface area contributed by atoms with Crippen LogP contribution in [0.25, 0.3) is 39.3 Å². The highest BCUT2D eigenvalue weighted by Gasteiger charge is 2.25. The number of aromatic amines is 2. The molecule has 0 atom stereocenters. The fourth-order valence-corrected chi connectivity index (χ4v) is 5.24. The van der Waals surface area contributed by atoms with Crippen molar-refractivity contribution in [2.75, 3.05) is 50.5 Å². The normalized spacial score (nSPS) is 14.0. The SMILES string of the molecule is C=C/C=C(/c1cc(F)cc(NCCN(C)C)c1)c1nc(-c2n[nH]c3ccc(-c4cncc(N5CC(N)C5)n4)cc23)[nH]c1C. The largest absolute Gasteiger partial charge is 0.384 e. The van der Waals surface area contributed by atoms with Gasteiger partial charge in [0.15, 0.2) is 5.82 Å². The van der Waals surface area contributed by atoms with Gasteiger partial charge in [-0.25, -0.2) is 14.4 Å². The molecule has 3 aromatic heterocycles. The van der Waals surface area contributed by atoms with Crippen LogP contribution in [0, 0.1) is 12.7 Å². The number of anilines is 2. The van der Waals surface area contributed by atoms with Crippen molar-refractivity contribution in [3.63, 3.8) is 0 Å². The van der Waals surface area contributed by atoms with E-state index in [1.165, 1.54) is 12.1 Å². The average molecular weight is 579 g/mol. The van der Waals surface area contributed by atoms with Crippen molar-refractivity contribution in [2.45, 2.75) is 13.0 Å². The summed E-state index contributed by atoms with van der Waals surface area (Å²) in [5.74, 6) is 1.08. The minimum absolute atomic E-state index is 0.173. The number of hydrogen-bond donors (Lipinski definition) is 4. The first-order valence-corrected chi connectivity index (χ1v) is 14.2. The quantitative estimate of drug-likeness (QED) is 0.177. The van der Waals surface area contributed by atoms with E-state index in [1.807, 2.05) is 51.4 Å². The second kappa shape index (κ2) is 11.8. The summed E-state index contributed by atoms with van der Waals surface area (Å²) < 4.78 is 14.8. The summed E-state index contributed by atoms with van der Waals surface area (Å²) in [5, 5.41) is 11.9. The van der Waals surface area contributed by atoms with Crippen LogP contribution in [0.3, 0.4) is 0 Å². The fourth-order valence-electron chi connectivity index (χ4n) is 5.24. The lowest BCUT2D eigenvalue weighted by Gasteiger charge is -2.37. The minimum Gasteiger partial charge on any atom is -0.384 e. The Morgan fingerprint density at radius 3 is 2.79 bits per heavy atom. The molecule has 0 aliphatic carbocycles. The molecule has 10 nitrogen and oxygen atoms in total. The third-order valence-corrected chi connectivity index (χ3v) is 7.46. The maximum Gasteiger partial charge on any atom is 0.159 e. The second-order valence-corrected chi connectivity index (χ2v) is 11.1. The van der Waals surface area contributed by atoms with E-state index in [9.17, 15) is 4.39 Å². The van der Waals surface area contributed by atoms with Crippen LogP contribution in [0.5, 0.6) is 0 Å². The predicted molar refractivity (Wildman–Crippen MR) is 170 cm³/mol. The number of nitrogens with two attached hydrogens (primary N) is 1. The molecular weight excluding hydrogens is 543 g/mol. The molecule has 0 bridgehead atoms. The molecule has 43 heavy (non-hydrogen) atoms. The number of fused-ring (bicyclic) bond motifs is 1. The van der Waals surface area contributed by atoms with Crippen LogP contribution >= 0.6 is 0 Å². The molecule has 1 aliphatic heterocycles. The van der Waals surface area contributed by atoms with E-state index >= 15 is 0 Å². The summed E-state index contributed by atoms with van der Waals surface area (Å²) in [6, 6.07) is 11.1. The Bertz CT molecular complexity index is 1810. The van der Waals surface area contributed by atoms with E-state index in [2.05, 4.69) is 41.9 Å². The number of likely N-dealkylation sites (N-methyl/N-ethyl adjacent to an activating group) is 1. The van der Waals surface area contributed by atoms with Crippen molar-refractivity contribution in [1.29, 1.82) is 0 Å². The van der Waals surface area contributed by atoms with E-state index in [4.69, 9.17) is 15.7 Å². The summed E-state index contributed by atoms with van der Waals surface area (Å²) in [6.45, 7) is 8.91. The number of nitrogens with zero attached hydrogens (tertiary/aromatic N) is 6. The van der Waals surface area contributed by atoms with Crippen molar-refractivity contribution in [3.8, 4) is 22.8 Å². The first-order valence-electron chi connectivity index (χ1n) is 14.2. The molecule has 0 amide bonds. The number of rotatable bonds is 10. The molecule has 1 fully saturated rings. The monoisotopic (exact) mass is 578 g/mol. The zero-order valence-electron chi connectivity index (χ0n) is 24.5. The van der Waals surface area contributed by atoms with Gasteiger partial charge >= 0.3 is 0 Å². The highest BCUT2D eigenvalue weighted by Crippen LogP contribution is 2.33. The van der Waals surface area contributed by atoms with Crippen LogP contribution in [-0.4, -0.2) is 81.3 Å². The Hall–Kier alpha value is -4.87. The number of benzene rings is 2. The van der Waals surface area contributed by atoms with Gasteiger partial charge in [0.25, 0.3) is 0 Å². The molecule has 1 aliphatic rings. The zero-order valence-corrected chi connectivity index (χ0v) is 24.5. The van der Waals surface area contributed by atoms with E-state index in [-0.39, 0.29) is 11.9 Å². The summed E-state index contributed by atoms with van der Waals surface area (Å²) in [5.41, 5.74) is 12.9. The summed E-state index contributed by atoms with van der Waals surface area (Å²) in [7, 11) is 4.00. The molecule has 0 radical (unpaired) electrons. The number of aryl methyl sites for hydroxylation is 1. The molecule has 5 N–H and O–H groups in total. The van der Waals surface area contributed by atoms with Crippen molar-refractivity contribution in [3.05, 3.63) is 90.3 Å². The van der Waals surface area contributed by atoms with E-state index in [1.54, 1.807) is 18.5 Å². The Morgan fingerprint density at radius 1 is 1.19 bits per heavy atom. The van der Waals surface area contributed by atoms with Gasteiger partial charge in [-0.2, -0.15) is 5.10 Å². The van der Waals surface area contributed by atoms with Gasteiger partial charge in [0.1, 0.15) is 17.3 Å². The van der Waals surface area contributed by atoms with Crippen LogP contribution < -0.4 is 16.0 Å². The Labute approximate surface area is 249 Å². The number of nitrogens with one attached hydrogen (secondary N) is 3. The lowest BCUT2D eigenvalue weighted by Crippen LogP contribution is -2.56. The predicted octanol–water partition coefficient (Wildman–Crippen LogP) is 4.60. The van der Waals surface area contributed by atoms with Gasteiger partial charge in [-0.05, 0) is 56.9 Å². The Balaban J connectivity index is 1.34. The van der Waals surface area contributed by atoms with Gasteiger partial charge in [0, 0.05) is 60.1 Å². The van der Waals surface area contributed by atoms with E-state index in [0.29, 0.717) is 35.0 Å². The highest BCUT2D eigenvalue weighted by atomic mass is 19.1. The molecule has 0 saturated carbocycles. The van der Waals surface area contributed by atoms with E-state index < -0.39 is 0 Å². The molecular formula is C32H35FN10. The maximum absolute atomic E-state index is 14.8. The molecule has 11 heteroatoms. The smallest absolute Gasteiger partial charge is 0.159 e. The van der Waals surface area contributed by atoms with Gasteiger partial charge in [-0.3, -0.25) is 10.1 Å². The van der Waals surface area contributed by atoms with Crippen LogP contribution in [0.15, 0.2) is 67.5 Å². The molecule has 0 spiro atoms. The van der Waals surface area contributed by atoms with Crippen LogP contribution in [0.1, 0.15) is 17.0 Å². The number of H-pyrrole nitrogens is 2.